The van der Waals surface area contributed by atoms with Crippen LogP contribution in [-0.4, -0.2) is 12.0 Å². The van der Waals surface area contributed by atoms with Crippen molar-refractivity contribution in [2.75, 3.05) is 10.6 Å². The molecule has 0 radical (unpaired) electrons. The second kappa shape index (κ2) is 8.18. The third kappa shape index (κ3) is 4.84. The van der Waals surface area contributed by atoms with Crippen LogP contribution in [0.3, 0.4) is 0 Å². The van der Waals surface area contributed by atoms with Crippen LogP contribution in [0, 0.1) is 0 Å². The summed E-state index contributed by atoms with van der Waals surface area (Å²) in [6.07, 6.45) is 0. The third-order valence-electron chi connectivity index (χ3n) is 3.41. The van der Waals surface area contributed by atoms with Gasteiger partial charge in [-0.25, -0.2) is 9.59 Å². The van der Waals surface area contributed by atoms with E-state index in [4.69, 9.17) is 16.3 Å². The molecule has 0 fully saturated rings. The van der Waals surface area contributed by atoms with Gasteiger partial charge in [-0.3, -0.25) is 0 Å². The van der Waals surface area contributed by atoms with Crippen molar-refractivity contribution in [1.82, 2.24) is 0 Å². The summed E-state index contributed by atoms with van der Waals surface area (Å²) in [6, 6.07) is 21.7. The van der Waals surface area contributed by atoms with Crippen LogP contribution in [0.5, 0.6) is 5.75 Å². The SMILES string of the molecule is O=C(Nc1ccc(OC(=O)c2ccccc2)cc1)Nc1cccc(Cl)c1. The highest BCUT2D eigenvalue weighted by Crippen LogP contribution is 2.18. The zero-order valence-electron chi connectivity index (χ0n) is 13.6. The number of amides is 2. The number of hydrogen-bond acceptors (Lipinski definition) is 3. The summed E-state index contributed by atoms with van der Waals surface area (Å²) in [6.45, 7) is 0. The maximum Gasteiger partial charge on any atom is 0.343 e. The van der Waals surface area contributed by atoms with Crippen LogP contribution in [0.1, 0.15) is 10.4 Å². The molecule has 0 heterocycles. The molecule has 0 aliphatic carbocycles. The fraction of sp³-hybridized carbons (Fsp3) is 0. The highest BCUT2D eigenvalue weighted by atomic mass is 35.5. The quantitative estimate of drug-likeness (QED) is 0.492. The zero-order valence-corrected chi connectivity index (χ0v) is 14.4. The van der Waals surface area contributed by atoms with E-state index in [0.29, 0.717) is 27.7 Å². The van der Waals surface area contributed by atoms with Crippen molar-refractivity contribution in [3.05, 3.63) is 89.4 Å². The topological polar surface area (TPSA) is 67.4 Å². The first-order valence-electron chi connectivity index (χ1n) is 7.81. The van der Waals surface area contributed by atoms with E-state index in [1.165, 1.54) is 0 Å². The van der Waals surface area contributed by atoms with E-state index in [2.05, 4.69) is 10.6 Å². The lowest BCUT2D eigenvalue weighted by molar-refractivity contribution is 0.0734. The van der Waals surface area contributed by atoms with Gasteiger partial charge in [0, 0.05) is 16.4 Å². The van der Waals surface area contributed by atoms with E-state index >= 15 is 0 Å². The Bertz CT molecular complexity index is 912. The largest absolute Gasteiger partial charge is 0.423 e. The number of rotatable bonds is 4. The fourth-order valence-corrected chi connectivity index (χ4v) is 2.40. The molecule has 2 N–H and O–H groups in total. The maximum atomic E-state index is 12.0. The average Bonchev–Trinajstić information content (AvgIpc) is 2.64. The number of benzene rings is 3. The Morgan fingerprint density at radius 2 is 1.46 bits per heavy atom. The Morgan fingerprint density at radius 3 is 2.15 bits per heavy atom. The number of hydrogen-bond donors (Lipinski definition) is 2. The molecular formula is C20H15ClN2O3. The van der Waals surface area contributed by atoms with Gasteiger partial charge in [-0.05, 0) is 54.6 Å². The van der Waals surface area contributed by atoms with Crippen molar-refractivity contribution >= 4 is 35.0 Å². The van der Waals surface area contributed by atoms with Gasteiger partial charge in [0.15, 0.2) is 0 Å². The molecule has 2 amide bonds. The smallest absolute Gasteiger partial charge is 0.343 e. The normalized spacial score (nSPS) is 10.0. The molecule has 0 aliphatic rings. The standard InChI is InChI=1S/C20H15ClN2O3/c21-15-7-4-8-17(13-15)23-20(25)22-16-9-11-18(12-10-16)26-19(24)14-5-2-1-3-6-14/h1-13H,(H2,22,23,25). The Kier molecular flexibility index (Phi) is 5.51. The van der Waals surface area contributed by atoms with Gasteiger partial charge in [-0.1, -0.05) is 35.9 Å². The number of carbonyl (C=O) groups excluding carboxylic acids is 2. The van der Waals surface area contributed by atoms with Gasteiger partial charge >= 0.3 is 12.0 Å². The number of nitrogens with one attached hydrogen (secondary N) is 2. The summed E-state index contributed by atoms with van der Waals surface area (Å²) < 4.78 is 5.29. The summed E-state index contributed by atoms with van der Waals surface area (Å²) in [4.78, 5) is 24.0. The highest BCUT2D eigenvalue weighted by molar-refractivity contribution is 6.30. The van der Waals surface area contributed by atoms with Crippen LogP contribution >= 0.6 is 11.6 Å². The second-order valence-electron chi connectivity index (χ2n) is 5.37. The van der Waals surface area contributed by atoms with Crippen molar-refractivity contribution in [2.45, 2.75) is 0 Å². The minimum atomic E-state index is -0.440. The van der Waals surface area contributed by atoms with Crippen molar-refractivity contribution < 1.29 is 14.3 Å². The molecule has 6 heteroatoms. The molecule has 0 unspecified atom stereocenters. The van der Waals surface area contributed by atoms with Crippen molar-refractivity contribution in [1.29, 1.82) is 0 Å². The number of esters is 1. The second-order valence-corrected chi connectivity index (χ2v) is 5.81. The van der Waals surface area contributed by atoms with Crippen LogP contribution in [0.2, 0.25) is 5.02 Å². The highest BCUT2D eigenvalue weighted by Gasteiger charge is 2.08. The van der Waals surface area contributed by atoms with E-state index in [0.717, 1.165) is 0 Å². The van der Waals surface area contributed by atoms with Gasteiger partial charge in [0.25, 0.3) is 0 Å². The minimum absolute atomic E-state index is 0.389. The lowest BCUT2D eigenvalue weighted by Gasteiger charge is -2.09. The summed E-state index contributed by atoms with van der Waals surface area (Å²) >= 11 is 5.88. The van der Waals surface area contributed by atoms with Gasteiger partial charge in [0.05, 0.1) is 5.56 Å². The summed E-state index contributed by atoms with van der Waals surface area (Å²) in [5, 5.41) is 5.90. The Labute approximate surface area is 155 Å². The maximum absolute atomic E-state index is 12.0. The predicted octanol–water partition coefficient (Wildman–Crippen LogP) is 5.20. The van der Waals surface area contributed by atoms with Gasteiger partial charge < -0.3 is 15.4 Å². The molecule has 0 aromatic heterocycles. The van der Waals surface area contributed by atoms with Crippen molar-refractivity contribution in [3.63, 3.8) is 0 Å². The summed E-state index contributed by atoms with van der Waals surface area (Å²) in [5.41, 5.74) is 1.61. The first-order chi connectivity index (χ1) is 12.6. The molecule has 0 atom stereocenters. The number of carbonyl (C=O) groups is 2. The van der Waals surface area contributed by atoms with E-state index in [-0.39, 0.29) is 0 Å². The zero-order chi connectivity index (χ0) is 18.4. The monoisotopic (exact) mass is 366 g/mol. The van der Waals surface area contributed by atoms with Crippen LogP contribution in [0.25, 0.3) is 0 Å². The molecule has 0 saturated carbocycles. The minimum Gasteiger partial charge on any atom is -0.423 e. The van der Waals surface area contributed by atoms with E-state index in [1.807, 2.05) is 6.07 Å². The molecule has 0 bridgehead atoms. The van der Waals surface area contributed by atoms with Gasteiger partial charge in [0.1, 0.15) is 5.75 Å². The van der Waals surface area contributed by atoms with Gasteiger partial charge in [0.2, 0.25) is 0 Å². The molecule has 5 nitrogen and oxygen atoms in total. The van der Waals surface area contributed by atoms with Crippen LogP contribution in [-0.2, 0) is 0 Å². The first-order valence-corrected chi connectivity index (χ1v) is 8.19. The fourth-order valence-electron chi connectivity index (χ4n) is 2.21. The van der Waals surface area contributed by atoms with E-state index in [9.17, 15) is 9.59 Å². The molecular weight excluding hydrogens is 352 g/mol. The molecule has 130 valence electrons. The van der Waals surface area contributed by atoms with E-state index in [1.54, 1.807) is 72.8 Å². The molecule has 3 aromatic rings. The van der Waals surface area contributed by atoms with Crippen LogP contribution < -0.4 is 15.4 Å². The Hall–Kier alpha value is -3.31. The molecule has 26 heavy (non-hydrogen) atoms. The summed E-state index contributed by atoms with van der Waals surface area (Å²) in [5.74, 6) is -0.0512. The molecule has 0 spiro atoms. The first kappa shape index (κ1) is 17.5. The number of anilines is 2. The molecule has 0 aliphatic heterocycles. The number of urea groups is 1. The molecule has 0 saturated heterocycles. The predicted molar refractivity (Wildman–Crippen MR) is 102 cm³/mol. The Balaban J connectivity index is 1.57. The lowest BCUT2D eigenvalue weighted by atomic mass is 10.2. The Morgan fingerprint density at radius 1 is 0.769 bits per heavy atom. The van der Waals surface area contributed by atoms with Crippen LogP contribution in [0.4, 0.5) is 16.2 Å². The van der Waals surface area contributed by atoms with Gasteiger partial charge in [-0.15, -0.1) is 0 Å². The van der Waals surface area contributed by atoms with E-state index < -0.39 is 12.0 Å². The lowest BCUT2D eigenvalue weighted by Crippen LogP contribution is -2.19. The third-order valence-corrected chi connectivity index (χ3v) is 3.65. The number of ether oxygens (including phenoxy) is 1. The van der Waals surface area contributed by atoms with Gasteiger partial charge in [-0.2, -0.15) is 0 Å². The van der Waals surface area contributed by atoms with Crippen molar-refractivity contribution in [2.24, 2.45) is 0 Å². The van der Waals surface area contributed by atoms with Crippen LogP contribution in [0.15, 0.2) is 78.9 Å². The number of halogens is 1. The average molecular weight is 367 g/mol. The summed E-state index contributed by atoms with van der Waals surface area (Å²) in [7, 11) is 0. The molecule has 3 rings (SSSR count). The van der Waals surface area contributed by atoms with Crippen molar-refractivity contribution in [3.8, 4) is 5.75 Å². The molecule has 3 aromatic carbocycles.